The molecule has 0 saturated carbocycles. The van der Waals surface area contributed by atoms with Gasteiger partial charge < -0.3 is 14.2 Å². The lowest BCUT2D eigenvalue weighted by atomic mass is 10.1. The van der Waals surface area contributed by atoms with Crippen molar-refractivity contribution in [2.75, 3.05) is 13.4 Å². The number of aliphatic imine (C=N–C) groups is 1. The molecule has 0 aromatic heterocycles. The Morgan fingerprint density at radius 1 is 1.22 bits per heavy atom. The number of fused-ring (bicyclic) bond motifs is 1. The van der Waals surface area contributed by atoms with Crippen molar-refractivity contribution in [2.24, 2.45) is 4.99 Å². The van der Waals surface area contributed by atoms with Crippen LogP contribution in [-0.2, 0) is 0 Å². The van der Waals surface area contributed by atoms with Crippen molar-refractivity contribution in [3.8, 4) is 17.2 Å². The highest BCUT2D eigenvalue weighted by atomic mass is 16.7. The molecule has 0 N–H and O–H groups in total. The Balaban J connectivity index is 1.87. The maximum atomic E-state index is 11.3. The summed E-state index contributed by atoms with van der Waals surface area (Å²) >= 11 is 0. The minimum Gasteiger partial charge on any atom is -0.493 e. The minimum absolute atomic E-state index is 0.0370. The maximum absolute atomic E-state index is 11.3. The third kappa shape index (κ3) is 3.34. The molecular weight excluding hydrogens is 294 g/mol. The smallest absolute Gasteiger partial charge is 0.231 e. The molecule has 23 heavy (non-hydrogen) atoms. The third-order valence-electron chi connectivity index (χ3n) is 3.43. The molecule has 0 aliphatic carbocycles. The van der Waals surface area contributed by atoms with Crippen LogP contribution in [0.5, 0.6) is 17.2 Å². The SMILES string of the molecule is CCOc1cc2c(cc1C=Nc1ccc(C(C)=O)cc1)OCO2. The third-order valence-corrected chi connectivity index (χ3v) is 3.43. The zero-order valence-corrected chi connectivity index (χ0v) is 13.0. The van der Waals surface area contributed by atoms with Crippen LogP contribution in [0.25, 0.3) is 0 Å². The molecule has 2 aromatic carbocycles. The van der Waals surface area contributed by atoms with Gasteiger partial charge in [-0.15, -0.1) is 0 Å². The lowest BCUT2D eigenvalue weighted by Gasteiger charge is -2.08. The fraction of sp³-hybridized carbons (Fsp3) is 0.222. The van der Waals surface area contributed by atoms with Gasteiger partial charge in [0.1, 0.15) is 5.75 Å². The summed E-state index contributed by atoms with van der Waals surface area (Å²) in [5, 5.41) is 0. The van der Waals surface area contributed by atoms with E-state index in [2.05, 4.69) is 4.99 Å². The molecule has 0 amide bonds. The first-order chi connectivity index (χ1) is 11.2. The average molecular weight is 311 g/mol. The quantitative estimate of drug-likeness (QED) is 0.623. The van der Waals surface area contributed by atoms with Gasteiger partial charge in [-0.2, -0.15) is 0 Å². The molecule has 0 fully saturated rings. The molecule has 0 bridgehead atoms. The van der Waals surface area contributed by atoms with Crippen LogP contribution in [0.4, 0.5) is 5.69 Å². The molecule has 3 rings (SSSR count). The van der Waals surface area contributed by atoms with Gasteiger partial charge in [-0.1, -0.05) is 0 Å². The molecule has 1 aliphatic heterocycles. The molecule has 0 radical (unpaired) electrons. The zero-order valence-electron chi connectivity index (χ0n) is 13.0. The van der Waals surface area contributed by atoms with E-state index in [1.807, 2.05) is 19.1 Å². The van der Waals surface area contributed by atoms with Crippen molar-refractivity contribution >= 4 is 17.7 Å². The molecule has 5 heteroatoms. The first-order valence-corrected chi connectivity index (χ1v) is 7.39. The molecular formula is C18H17NO4. The minimum atomic E-state index is 0.0370. The Morgan fingerprint density at radius 2 is 1.91 bits per heavy atom. The highest BCUT2D eigenvalue weighted by Crippen LogP contribution is 2.37. The monoisotopic (exact) mass is 311 g/mol. The Bertz CT molecular complexity index is 750. The molecule has 0 atom stereocenters. The largest absolute Gasteiger partial charge is 0.493 e. The van der Waals surface area contributed by atoms with Crippen LogP contribution in [0.2, 0.25) is 0 Å². The van der Waals surface area contributed by atoms with Crippen molar-refractivity contribution in [1.29, 1.82) is 0 Å². The normalized spacial score (nSPS) is 12.6. The van der Waals surface area contributed by atoms with Gasteiger partial charge in [0, 0.05) is 23.4 Å². The Labute approximate surface area is 134 Å². The molecule has 2 aromatic rings. The van der Waals surface area contributed by atoms with E-state index in [1.54, 1.807) is 37.4 Å². The fourth-order valence-corrected chi connectivity index (χ4v) is 2.25. The first kappa shape index (κ1) is 15.1. The number of benzene rings is 2. The summed E-state index contributed by atoms with van der Waals surface area (Å²) in [5.74, 6) is 2.09. The van der Waals surface area contributed by atoms with Crippen molar-refractivity contribution in [2.45, 2.75) is 13.8 Å². The van der Waals surface area contributed by atoms with E-state index >= 15 is 0 Å². The summed E-state index contributed by atoms with van der Waals surface area (Å²) in [6, 6.07) is 10.8. The van der Waals surface area contributed by atoms with Gasteiger partial charge in [0.15, 0.2) is 17.3 Å². The maximum Gasteiger partial charge on any atom is 0.231 e. The van der Waals surface area contributed by atoms with Crippen LogP contribution in [-0.4, -0.2) is 25.4 Å². The van der Waals surface area contributed by atoms with Crippen LogP contribution in [0, 0.1) is 0 Å². The lowest BCUT2D eigenvalue weighted by molar-refractivity contribution is 0.101. The van der Waals surface area contributed by atoms with Gasteiger partial charge in [0.2, 0.25) is 6.79 Å². The number of nitrogens with zero attached hydrogens (tertiary/aromatic N) is 1. The Morgan fingerprint density at radius 3 is 2.57 bits per heavy atom. The van der Waals surface area contributed by atoms with Crippen LogP contribution >= 0.6 is 0 Å². The lowest BCUT2D eigenvalue weighted by Crippen LogP contribution is -1.96. The summed E-state index contributed by atoms with van der Waals surface area (Å²) in [7, 11) is 0. The van der Waals surface area contributed by atoms with E-state index in [0.29, 0.717) is 29.4 Å². The van der Waals surface area contributed by atoms with E-state index in [1.165, 1.54) is 0 Å². The number of carbonyl (C=O) groups excluding carboxylic acids is 1. The Hall–Kier alpha value is -2.82. The van der Waals surface area contributed by atoms with Gasteiger partial charge in [-0.25, -0.2) is 0 Å². The summed E-state index contributed by atoms with van der Waals surface area (Å²) in [6.07, 6.45) is 1.72. The van der Waals surface area contributed by atoms with Crippen molar-refractivity contribution in [1.82, 2.24) is 0 Å². The van der Waals surface area contributed by atoms with Crippen molar-refractivity contribution in [3.05, 3.63) is 47.5 Å². The van der Waals surface area contributed by atoms with E-state index in [4.69, 9.17) is 14.2 Å². The van der Waals surface area contributed by atoms with Gasteiger partial charge in [0.05, 0.1) is 12.3 Å². The highest BCUT2D eigenvalue weighted by Gasteiger charge is 2.17. The van der Waals surface area contributed by atoms with Gasteiger partial charge >= 0.3 is 0 Å². The second-order valence-corrected chi connectivity index (χ2v) is 5.04. The predicted molar refractivity (Wildman–Crippen MR) is 87.4 cm³/mol. The van der Waals surface area contributed by atoms with Crippen molar-refractivity contribution in [3.63, 3.8) is 0 Å². The molecule has 5 nitrogen and oxygen atoms in total. The van der Waals surface area contributed by atoms with Crippen LogP contribution in [0.1, 0.15) is 29.8 Å². The molecule has 118 valence electrons. The molecule has 1 aliphatic rings. The number of ketones is 1. The first-order valence-electron chi connectivity index (χ1n) is 7.39. The Kier molecular flexibility index (Phi) is 4.28. The highest BCUT2D eigenvalue weighted by molar-refractivity contribution is 5.94. The summed E-state index contributed by atoms with van der Waals surface area (Å²) in [6.45, 7) is 4.23. The fourth-order valence-electron chi connectivity index (χ4n) is 2.25. The number of hydrogen-bond acceptors (Lipinski definition) is 5. The van der Waals surface area contributed by atoms with E-state index in [0.717, 1.165) is 11.3 Å². The molecule has 0 unspecified atom stereocenters. The van der Waals surface area contributed by atoms with Crippen LogP contribution < -0.4 is 14.2 Å². The van der Waals surface area contributed by atoms with E-state index in [-0.39, 0.29) is 12.6 Å². The topological polar surface area (TPSA) is 57.1 Å². The van der Waals surface area contributed by atoms with Crippen LogP contribution in [0.15, 0.2) is 41.4 Å². The van der Waals surface area contributed by atoms with Gasteiger partial charge in [0.25, 0.3) is 0 Å². The number of carbonyl (C=O) groups is 1. The standard InChI is InChI=1S/C18H17NO4/c1-3-21-16-9-18-17(22-11-23-18)8-14(16)10-19-15-6-4-13(5-7-15)12(2)20/h4-10H,3,11H2,1-2H3. The average Bonchev–Trinajstić information content (AvgIpc) is 3.00. The number of Topliss-reactive ketones (excluding diaryl/α,β-unsaturated/α-hetero) is 1. The molecule has 1 heterocycles. The molecule has 0 saturated heterocycles. The number of ether oxygens (including phenoxy) is 3. The van der Waals surface area contributed by atoms with E-state index in [9.17, 15) is 4.79 Å². The second-order valence-electron chi connectivity index (χ2n) is 5.04. The van der Waals surface area contributed by atoms with Crippen molar-refractivity contribution < 1.29 is 19.0 Å². The van der Waals surface area contributed by atoms with Crippen LogP contribution in [0.3, 0.4) is 0 Å². The number of hydrogen-bond donors (Lipinski definition) is 0. The zero-order chi connectivity index (χ0) is 16.2. The predicted octanol–water partition coefficient (Wildman–Crippen LogP) is 3.77. The number of rotatable bonds is 5. The summed E-state index contributed by atoms with van der Waals surface area (Å²) in [5.41, 5.74) is 2.24. The second kappa shape index (κ2) is 6.52. The summed E-state index contributed by atoms with van der Waals surface area (Å²) in [4.78, 5) is 15.7. The summed E-state index contributed by atoms with van der Waals surface area (Å²) < 4.78 is 16.4. The van der Waals surface area contributed by atoms with Gasteiger partial charge in [-0.05, 0) is 44.2 Å². The van der Waals surface area contributed by atoms with Gasteiger partial charge in [-0.3, -0.25) is 9.79 Å². The molecule has 0 spiro atoms. The van der Waals surface area contributed by atoms with E-state index < -0.39 is 0 Å².